The molecule has 2 aromatic rings. The largest absolute Gasteiger partial charge is 0.272 e. The summed E-state index contributed by atoms with van der Waals surface area (Å²) < 4.78 is 0. The van der Waals surface area contributed by atoms with E-state index in [9.17, 15) is 9.59 Å². The van der Waals surface area contributed by atoms with Crippen molar-refractivity contribution in [3.63, 3.8) is 0 Å². The molecule has 0 heterocycles. The summed E-state index contributed by atoms with van der Waals surface area (Å²) in [6.07, 6.45) is 0. The first kappa shape index (κ1) is 17.7. The first-order chi connectivity index (χ1) is 11.0. The van der Waals surface area contributed by atoms with Gasteiger partial charge in [0, 0.05) is 9.92 Å². The van der Waals surface area contributed by atoms with E-state index in [4.69, 9.17) is 23.2 Å². The summed E-state index contributed by atoms with van der Waals surface area (Å²) in [4.78, 5) is 24.8. The number of aryl methyl sites for hydroxylation is 1. The molecular weight excluding hydrogens is 355 g/mol. The molecular formula is C16H14Cl2N2O2S. The van der Waals surface area contributed by atoms with E-state index in [1.807, 2.05) is 31.2 Å². The quantitative estimate of drug-likeness (QED) is 0.636. The van der Waals surface area contributed by atoms with Crippen molar-refractivity contribution >= 4 is 46.8 Å². The number of thioether (sulfide) groups is 1. The SMILES string of the molecule is Cc1ccccc1SCC(=O)NNC(=O)c1cc(Cl)ccc1Cl. The fourth-order valence-electron chi connectivity index (χ4n) is 1.76. The van der Waals surface area contributed by atoms with Gasteiger partial charge < -0.3 is 0 Å². The highest BCUT2D eigenvalue weighted by Gasteiger charge is 2.12. The van der Waals surface area contributed by atoms with E-state index in [0.717, 1.165) is 10.5 Å². The highest BCUT2D eigenvalue weighted by Crippen LogP contribution is 2.21. The summed E-state index contributed by atoms with van der Waals surface area (Å²) in [5.74, 6) is -0.648. The molecule has 4 nitrogen and oxygen atoms in total. The fraction of sp³-hybridized carbons (Fsp3) is 0.125. The molecule has 2 amide bonds. The second-order valence-electron chi connectivity index (χ2n) is 4.68. The van der Waals surface area contributed by atoms with E-state index in [0.29, 0.717) is 5.02 Å². The molecule has 0 saturated carbocycles. The molecule has 0 spiro atoms. The van der Waals surface area contributed by atoms with Crippen LogP contribution in [-0.2, 0) is 4.79 Å². The Kier molecular flexibility index (Phi) is 6.33. The van der Waals surface area contributed by atoms with Gasteiger partial charge in [0.25, 0.3) is 5.91 Å². The van der Waals surface area contributed by atoms with E-state index in [-0.39, 0.29) is 22.2 Å². The third kappa shape index (κ3) is 5.16. The van der Waals surface area contributed by atoms with E-state index >= 15 is 0 Å². The van der Waals surface area contributed by atoms with Crippen LogP contribution < -0.4 is 10.9 Å². The van der Waals surface area contributed by atoms with E-state index in [2.05, 4.69) is 10.9 Å². The normalized spacial score (nSPS) is 10.2. The van der Waals surface area contributed by atoms with Crippen LogP contribution in [0.4, 0.5) is 0 Å². The summed E-state index contributed by atoms with van der Waals surface area (Å²) in [7, 11) is 0. The Morgan fingerprint density at radius 1 is 1.09 bits per heavy atom. The molecule has 2 N–H and O–H groups in total. The molecule has 0 unspecified atom stereocenters. The maximum Gasteiger partial charge on any atom is 0.271 e. The number of benzene rings is 2. The minimum absolute atomic E-state index is 0.189. The zero-order valence-electron chi connectivity index (χ0n) is 12.2. The standard InChI is InChI=1S/C16H14Cl2N2O2S/c1-10-4-2-3-5-14(10)23-9-15(21)19-20-16(22)12-8-11(17)6-7-13(12)18/h2-8H,9H2,1H3,(H,19,21)(H,20,22). The van der Waals surface area contributed by atoms with Crippen molar-refractivity contribution in [2.24, 2.45) is 0 Å². The van der Waals surface area contributed by atoms with Crippen LogP contribution in [0, 0.1) is 6.92 Å². The number of hydrogen-bond donors (Lipinski definition) is 2. The Hall–Kier alpha value is -1.69. The molecule has 2 rings (SSSR count). The van der Waals surface area contributed by atoms with Gasteiger partial charge in [0.15, 0.2) is 0 Å². The predicted molar refractivity (Wildman–Crippen MR) is 94.0 cm³/mol. The van der Waals surface area contributed by atoms with Crippen LogP contribution in [-0.4, -0.2) is 17.6 Å². The van der Waals surface area contributed by atoms with Crippen LogP contribution in [0.2, 0.25) is 10.0 Å². The minimum Gasteiger partial charge on any atom is -0.272 e. The van der Waals surface area contributed by atoms with Crippen molar-refractivity contribution in [1.29, 1.82) is 0 Å². The van der Waals surface area contributed by atoms with Gasteiger partial charge in [-0.2, -0.15) is 0 Å². The first-order valence-electron chi connectivity index (χ1n) is 6.70. The summed E-state index contributed by atoms with van der Waals surface area (Å²) in [5, 5.41) is 0.649. The van der Waals surface area contributed by atoms with Crippen LogP contribution >= 0.6 is 35.0 Å². The molecule has 0 aliphatic heterocycles. The highest BCUT2D eigenvalue weighted by molar-refractivity contribution is 8.00. The van der Waals surface area contributed by atoms with Gasteiger partial charge >= 0.3 is 0 Å². The van der Waals surface area contributed by atoms with E-state index in [1.54, 1.807) is 6.07 Å². The van der Waals surface area contributed by atoms with Gasteiger partial charge in [-0.25, -0.2) is 0 Å². The first-order valence-corrected chi connectivity index (χ1v) is 8.44. The number of carbonyl (C=O) groups excluding carboxylic acids is 2. The number of nitrogens with one attached hydrogen (secondary N) is 2. The number of carbonyl (C=O) groups is 2. The van der Waals surface area contributed by atoms with Crippen molar-refractivity contribution < 1.29 is 9.59 Å². The van der Waals surface area contributed by atoms with Crippen molar-refractivity contribution in [1.82, 2.24) is 10.9 Å². The number of halogens is 2. The molecule has 0 saturated heterocycles. The molecule has 0 aromatic heterocycles. The van der Waals surface area contributed by atoms with Gasteiger partial charge in [0.1, 0.15) is 0 Å². The Morgan fingerprint density at radius 2 is 1.83 bits per heavy atom. The minimum atomic E-state index is -0.522. The van der Waals surface area contributed by atoms with E-state index < -0.39 is 5.91 Å². The molecule has 0 radical (unpaired) electrons. The highest BCUT2D eigenvalue weighted by atomic mass is 35.5. The summed E-state index contributed by atoms with van der Waals surface area (Å²) in [6, 6.07) is 12.3. The van der Waals surface area contributed by atoms with Gasteiger partial charge in [-0.3, -0.25) is 20.4 Å². The maximum absolute atomic E-state index is 12.0. The summed E-state index contributed by atoms with van der Waals surface area (Å²) >= 11 is 13.2. The number of hydrazine groups is 1. The van der Waals surface area contributed by atoms with Crippen molar-refractivity contribution in [3.8, 4) is 0 Å². The van der Waals surface area contributed by atoms with Gasteiger partial charge in [0.2, 0.25) is 5.91 Å². The topological polar surface area (TPSA) is 58.2 Å². The van der Waals surface area contributed by atoms with Crippen LogP contribution in [0.5, 0.6) is 0 Å². The molecule has 0 fully saturated rings. The third-order valence-corrected chi connectivity index (χ3v) is 4.68. The Morgan fingerprint density at radius 3 is 2.57 bits per heavy atom. The summed E-state index contributed by atoms with van der Waals surface area (Å²) in [6.45, 7) is 1.98. The number of rotatable bonds is 4. The Bertz CT molecular complexity index is 738. The maximum atomic E-state index is 12.0. The lowest BCUT2D eigenvalue weighted by molar-refractivity contribution is -0.119. The molecule has 23 heavy (non-hydrogen) atoms. The Balaban J connectivity index is 1.86. The molecule has 2 aromatic carbocycles. The average Bonchev–Trinajstić information content (AvgIpc) is 2.54. The number of hydrogen-bond acceptors (Lipinski definition) is 3. The van der Waals surface area contributed by atoms with Gasteiger partial charge in [-0.1, -0.05) is 41.4 Å². The zero-order valence-corrected chi connectivity index (χ0v) is 14.6. The Labute approximate surface area is 148 Å². The van der Waals surface area contributed by atoms with Crippen LogP contribution in [0.1, 0.15) is 15.9 Å². The van der Waals surface area contributed by atoms with Gasteiger partial charge in [0.05, 0.1) is 16.3 Å². The lowest BCUT2D eigenvalue weighted by atomic mass is 10.2. The molecule has 7 heteroatoms. The molecule has 0 aliphatic rings. The van der Waals surface area contributed by atoms with Crippen LogP contribution in [0.25, 0.3) is 0 Å². The fourth-order valence-corrected chi connectivity index (χ4v) is 2.97. The second kappa shape index (κ2) is 8.24. The molecule has 0 bridgehead atoms. The van der Waals surface area contributed by atoms with Crippen LogP contribution in [0.3, 0.4) is 0 Å². The van der Waals surface area contributed by atoms with E-state index in [1.165, 1.54) is 23.9 Å². The van der Waals surface area contributed by atoms with Crippen molar-refractivity contribution in [3.05, 3.63) is 63.6 Å². The predicted octanol–water partition coefficient (Wildman–Crippen LogP) is 3.86. The van der Waals surface area contributed by atoms with Crippen molar-refractivity contribution in [2.45, 2.75) is 11.8 Å². The molecule has 0 aliphatic carbocycles. The monoisotopic (exact) mass is 368 g/mol. The lowest BCUT2D eigenvalue weighted by Gasteiger charge is -2.09. The summed E-state index contributed by atoms with van der Waals surface area (Å²) in [5.41, 5.74) is 5.98. The zero-order chi connectivity index (χ0) is 16.8. The second-order valence-corrected chi connectivity index (χ2v) is 6.54. The third-order valence-electron chi connectivity index (χ3n) is 2.94. The average molecular weight is 369 g/mol. The number of amides is 2. The lowest BCUT2D eigenvalue weighted by Crippen LogP contribution is -2.42. The van der Waals surface area contributed by atoms with Gasteiger partial charge in [-0.15, -0.1) is 11.8 Å². The molecule has 0 atom stereocenters. The van der Waals surface area contributed by atoms with Crippen LogP contribution in [0.15, 0.2) is 47.4 Å². The smallest absolute Gasteiger partial charge is 0.271 e. The van der Waals surface area contributed by atoms with Gasteiger partial charge in [-0.05, 0) is 36.8 Å². The molecule has 120 valence electrons. The van der Waals surface area contributed by atoms with Crippen molar-refractivity contribution in [2.75, 3.05) is 5.75 Å².